The first kappa shape index (κ1) is 17.1. The maximum atomic E-state index is 13.4. The lowest BCUT2D eigenvalue weighted by Crippen LogP contribution is -2.30. The number of carbonyl (C=O) groups is 2. The van der Waals surface area contributed by atoms with Gasteiger partial charge >= 0.3 is 5.97 Å². The van der Waals surface area contributed by atoms with Gasteiger partial charge in [-0.2, -0.15) is 11.3 Å². The van der Waals surface area contributed by atoms with Crippen molar-refractivity contribution in [1.82, 2.24) is 0 Å². The van der Waals surface area contributed by atoms with E-state index in [4.69, 9.17) is 4.74 Å². The van der Waals surface area contributed by atoms with Crippen LogP contribution in [0.1, 0.15) is 24.5 Å². The van der Waals surface area contributed by atoms with Crippen LogP contribution in [-0.2, 0) is 20.7 Å². The zero-order chi connectivity index (χ0) is 16.8. The summed E-state index contributed by atoms with van der Waals surface area (Å²) in [6.07, 6.45) is -0.137. The summed E-state index contributed by atoms with van der Waals surface area (Å²) in [7, 11) is 0. The van der Waals surface area contributed by atoms with Crippen LogP contribution >= 0.6 is 11.3 Å². The second kappa shape index (κ2) is 7.87. The number of hydrogen-bond donors (Lipinski definition) is 1. The van der Waals surface area contributed by atoms with Gasteiger partial charge in [-0.15, -0.1) is 0 Å². The van der Waals surface area contributed by atoms with Crippen molar-refractivity contribution in [2.24, 2.45) is 0 Å². The van der Waals surface area contributed by atoms with Crippen LogP contribution in [-0.4, -0.2) is 18.0 Å². The Hall–Kier alpha value is -2.21. The molecule has 6 heteroatoms. The molecule has 0 unspecified atom stereocenters. The Kier molecular flexibility index (Phi) is 5.87. The summed E-state index contributed by atoms with van der Waals surface area (Å²) in [5.41, 5.74) is 1.90. The SMILES string of the molecule is Cc1ccc(NC(=O)[C@H](C)OC(=O)CCc2ccsc2)cc1F. The molecule has 0 radical (unpaired) electrons. The number of esters is 1. The summed E-state index contributed by atoms with van der Waals surface area (Å²) in [5.74, 6) is -1.32. The zero-order valence-corrected chi connectivity index (χ0v) is 13.8. The van der Waals surface area contributed by atoms with Crippen molar-refractivity contribution in [2.75, 3.05) is 5.32 Å². The van der Waals surface area contributed by atoms with Crippen molar-refractivity contribution in [3.63, 3.8) is 0 Å². The van der Waals surface area contributed by atoms with E-state index in [1.165, 1.54) is 13.0 Å². The highest BCUT2D eigenvalue weighted by Gasteiger charge is 2.18. The van der Waals surface area contributed by atoms with E-state index in [-0.39, 0.29) is 6.42 Å². The van der Waals surface area contributed by atoms with Crippen molar-refractivity contribution in [2.45, 2.75) is 32.8 Å². The Morgan fingerprint density at radius 3 is 2.78 bits per heavy atom. The first-order chi connectivity index (χ1) is 11.0. The van der Waals surface area contributed by atoms with Crippen LogP contribution in [0.25, 0.3) is 0 Å². The topological polar surface area (TPSA) is 55.4 Å². The number of hydrogen-bond acceptors (Lipinski definition) is 4. The van der Waals surface area contributed by atoms with E-state index in [2.05, 4.69) is 5.32 Å². The van der Waals surface area contributed by atoms with Gasteiger partial charge in [-0.1, -0.05) is 6.07 Å². The molecule has 0 bridgehead atoms. The third kappa shape index (κ3) is 5.17. The Morgan fingerprint density at radius 2 is 2.13 bits per heavy atom. The van der Waals surface area contributed by atoms with Crippen molar-refractivity contribution in [3.8, 4) is 0 Å². The second-order valence-corrected chi connectivity index (χ2v) is 6.00. The van der Waals surface area contributed by atoms with E-state index in [1.54, 1.807) is 30.4 Å². The molecule has 122 valence electrons. The van der Waals surface area contributed by atoms with Crippen molar-refractivity contribution in [3.05, 3.63) is 52.0 Å². The molecule has 1 aromatic heterocycles. The lowest BCUT2D eigenvalue weighted by atomic mass is 10.2. The first-order valence-electron chi connectivity index (χ1n) is 7.23. The molecular formula is C17H18FNO3S. The second-order valence-electron chi connectivity index (χ2n) is 5.22. The highest BCUT2D eigenvalue weighted by molar-refractivity contribution is 7.07. The molecule has 2 aromatic rings. The molecule has 0 saturated heterocycles. The molecule has 4 nitrogen and oxygen atoms in total. The molecule has 1 heterocycles. The Labute approximate surface area is 138 Å². The number of nitrogens with one attached hydrogen (secondary N) is 1. The minimum Gasteiger partial charge on any atom is -0.453 e. The summed E-state index contributed by atoms with van der Waals surface area (Å²) < 4.78 is 18.5. The molecule has 2 rings (SSSR count). The third-order valence-corrected chi connectivity index (χ3v) is 4.05. The lowest BCUT2D eigenvalue weighted by molar-refractivity contribution is -0.153. The molecule has 1 N–H and O–H groups in total. The molecule has 0 aliphatic carbocycles. The summed E-state index contributed by atoms with van der Waals surface area (Å²) in [6, 6.07) is 6.35. The number of thiophene rings is 1. The van der Waals surface area contributed by atoms with Crippen LogP contribution in [0.4, 0.5) is 10.1 Å². The van der Waals surface area contributed by atoms with E-state index < -0.39 is 23.8 Å². The molecule has 0 aliphatic heterocycles. The van der Waals surface area contributed by atoms with Crippen LogP contribution in [0.5, 0.6) is 0 Å². The van der Waals surface area contributed by atoms with Gasteiger partial charge in [0.15, 0.2) is 6.10 Å². The van der Waals surface area contributed by atoms with Crippen LogP contribution in [0.2, 0.25) is 0 Å². The fourth-order valence-electron chi connectivity index (χ4n) is 1.91. The van der Waals surface area contributed by atoms with Crippen LogP contribution in [0.3, 0.4) is 0 Å². The minimum atomic E-state index is -0.936. The van der Waals surface area contributed by atoms with Gasteiger partial charge in [-0.25, -0.2) is 4.39 Å². The molecule has 1 atom stereocenters. The minimum absolute atomic E-state index is 0.216. The molecule has 0 fully saturated rings. The van der Waals surface area contributed by atoms with E-state index >= 15 is 0 Å². The van der Waals surface area contributed by atoms with Gasteiger partial charge in [-0.3, -0.25) is 9.59 Å². The number of aryl methyl sites for hydroxylation is 2. The fraction of sp³-hybridized carbons (Fsp3) is 0.294. The molecule has 0 saturated carbocycles. The van der Waals surface area contributed by atoms with Crippen molar-refractivity contribution in [1.29, 1.82) is 0 Å². The summed E-state index contributed by atoms with van der Waals surface area (Å²) in [5, 5.41) is 6.44. The van der Waals surface area contributed by atoms with E-state index in [0.717, 1.165) is 5.56 Å². The Morgan fingerprint density at radius 1 is 1.35 bits per heavy atom. The number of carbonyl (C=O) groups excluding carboxylic acids is 2. The fourth-order valence-corrected chi connectivity index (χ4v) is 2.61. The number of benzene rings is 1. The van der Waals surface area contributed by atoms with Gasteiger partial charge in [0.1, 0.15) is 5.82 Å². The van der Waals surface area contributed by atoms with Gasteiger partial charge < -0.3 is 10.1 Å². The Balaban J connectivity index is 1.81. The predicted octanol–water partition coefficient (Wildman–Crippen LogP) is 3.70. The van der Waals surface area contributed by atoms with Gasteiger partial charge in [-0.05, 0) is 60.4 Å². The van der Waals surface area contributed by atoms with Gasteiger partial charge in [0.2, 0.25) is 0 Å². The number of amides is 1. The van der Waals surface area contributed by atoms with E-state index in [0.29, 0.717) is 17.7 Å². The maximum Gasteiger partial charge on any atom is 0.306 e. The average molecular weight is 335 g/mol. The van der Waals surface area contributed by atoms with Gasteiger partial charge in [0.25, 0.3) is 5.91 Å². The number of halogens is 1. The number of anilines is 1. The molecule has 23 heavy (non-hydrogen) atoms. The highest BCUT2D eigenvalue weighted by Crippen LogP contribution is 2.14. The molecule has 0 aliphatic rings. The van der Waals surface area contributed by atoms with E-state index in [9.17, 15) is 14.0 Å². The van der Waals surface area contributed by atoms with E-state index in [1.807, 2.05) is 16.8 Å². The summed E-state index contributed by atoms with van der Waals surface area (Å²) in [4.78, 5) is 23.7. The highest BCUT2D eigenvalue weighted by atomic mass is 32.1. The summed E-state index contributed by atoms with van der Waals surface area (Å²) >= 11 is 1.57. The molecular weight excluding hydrogens is 317 g/mol. The monoisotopic (exact) mass is 335 g/mol. The molecule has 1 amide bonds. The molecule has 0 spiro atoms. The average Bonchev–Trinajstić information content (AvgIpc) is 3.02. The maximum absolute atomic E-state index is 13.4. The normalized spacial score (nSPS) is 11.8. The smallest absolute Gasteiger partial charge is 0.306 e. The zero-order valence-electron chi connectivity index (χ0n) is 13.0. The summed E-state index contributed by atoms with van der Waals surface area (Å²) in [6.45, 7) is 3.13. The number of ether oxygens (including phenoxy) is 1. The third-order valence-electron chi connectivity index (χ3n) is 3.31. The quantitative estimate of drug-likeness (QED) is 0.819. The standard InChI is InChI=1S/C17H18FNO3S/c1-11-3-5-14(9-15(11)18)19-17(21)12(2)22-16(20)6-4-13-7-8-23-10-13/h3,5,7-10,12H,4,6H2,1-2H3,(H,19,21)/t12-/m0/s1. The predicted molar refractivity (Wildman–Crippen MR) is 88.0 cm³/mol. The van der Waals surface area contributed by atoms with Gasteiger partial charge in [0, 0.05) is 12.1 Å². The lowest BCUT2D eigenvalue weighted by Gasteiger charge is -2.13. The van der Waals surface area contributed by atoms with Crippen molar-refractivity contribution < 1.29 is 18.7 Å². The van der Waals surface area contributed by atoms with Gasteiger partial charge in [0.05, 0.1) is 0 Å². The van der Waals surface area contributed by atoms with Crippen LogP contribution < -0.4 is 5.32 Å². The largest absolute Gasteiger partial charge is 0.453 e. The first-order valence-corrected chi connectivity index (χ1v) is 8.17. The Bertz CT molecular complexity index is 685. The molecule has 1 aromatic carbocycles. The van der Waals surface area contributed by atoms with Crippen LogP contribution in [0, 0.1) is 12.7 Å². The van der Waals surface area contributed by atoms with Crippen LogP contribution in [0.15, 0.2) is 35.0 Å². The van der Waals surface area contributed by atoms with Crippen molar-refractivity contribution >= 4 is 28.9 Å². The number of rotatable bonds is 6.